The van der Waals surface area contributed by atoms with Crippen molar-refractivity contribution in [3.63, 3.8) is 0 Å². The van der Waals surface area contributed by atoms with Crippen molar-refractivity contribution in [3.05, 3.63) is 30.1 Å². The summed E-state index contributed by atoms with van der Waals surface area (Å²) < 4.78 is 0. The summed E-state index contributed by atoms with van der Waals surface area (Å²) in [5.74, 6) is 1.01. The first kappa shape index (κ1) is 10.7. The van der Waals surface area contributed by atoms with Crippen molar-refractivity contribution in [2.24, 2.45) is 5.73 Å². The van der Waals surface area contributed by atoms with Gasteiger partial charge in [-0.3, -0.25) is 0 Å². The number of nitrogens with one attached hydrogen (secondary N) is 2. The SMILES string of the molecule is CC(NC1CC(N)C1)c1nc2ccccc2[nH]1. The van der Waals surface area contributed by atoms with Crippen LogP contribution in [0.15, 0.2) is 24.3 Å². The van der Waals surface area contributed by atoms with E-state index in [9.17, 15) is 0 Å². The van der Waals surface area contributed by atoms with Crippen molar-refractivity contribution in [2.75, 3.05) is 0 Å². The molecule has 1 saturated carbocycles. The van der Waals surface area contributed by atoms with Crippen molar-refractivity contribution in [1.29, 1.82) is 0 Å². The molecule has 4 heteroatoms. The average molecular weight is 230 g/mol. The summed E-state index contributed by atoms with van der Waals surface area (Å²) in [6, 6.07) is 9.30. The molecule has 1 atom stereocenters. The van der Waals surface area contributed by atoms with Gasteiger partial charge in [0.2, 0.25) is 0 Å². The Morgan fingerprint density at radius 3 is 2.88 bits per heavy atom. The Morgan fingerprint density at radius 2 is 2.18 bits per heavy atom. The molecule has 4 N–H and O–H groups in total. The molecule has 2 aromatic rings. The highest BCUT2D eigenvalue weighted by molar-refractivity contribution is 5.74. The quantitative estimate of drug-likeness (QED) is 0.752. The second-order valence-corrected chi connectivity index (χ2v) is 4.96. The molecule has 0 amide bonds. The Morgan fingerprint density at radius 1 is 1.41 bits per heavy atom. The summed E-state index contributed by atoms with van der Waals surface area (Å²) in [7, 11) is 0. The topological polar surface area (TPSA) is 66.7 Å². The summed E-state index contributed by atoms with van der Waals surface area (Å²) in [6.45, 7) is 2.14. The van der Waals surface area contributed by atoms with Crippen LogP contribution in [0.2, 0.25) is 0 Å². The van der Waals surface area contributed by atoms with E-state index in [2.05, 4.69) is 28.3 Å². The maximum atomic E-state index is 5.78. The Hall–Kier alpha value is -1.39. The third-order valence-corrected chi connectivity index (χ3v) is 3.48. The molecule has 3 rings (SSSR count). The van der Waals surface area contributed by atoms with Crippen LogP contribution in [-0.4, -0.2) is 22.1 Å². The number of rotatable bonds is 3. The fraction of sp³-hybridized carbons (Fsp3) is 0.462. The average Bonchev–Trinajstić information content (AvgIpc) is 2.70. The standard InChI is InChI=1S/C13H18N4/c1-8(15-10-6-9(14)7-10)13-16-11-4-2-3-5-12(11)17-13/h2-5,8-10,15H,6-7,14H2,1H3,(H,16,17). The fourth-order valence-electron chi connectivity index (χ4n) is 2.41. The lowest BCUT2D eigenvalue weighted by molar-refractivity contribution is 0.269. The molecule has 0 spiro atoms. The van der Waals surface area contributed by atoms with Crippen molar-refractivity contribution < 1.29 is 0 Å². The molecule has 0 bridgehead atoms. The maximum absolute atomic E-state index is 5.78. The predicted molar refractivity (Wildman–Crippen MR) is 68.6 cm³/mol. The number of imidazole rings is 1. The number of para-hydroxylation sites is 2. The number of aromatic nitrogens is 2. The minimum atomic E-state index is 0.250. The monoisotopic (exact) mass is 230 g/mol. The van der Waals surface area contributed by atoms with Crippen LogP contribution in [0.1, 0.15) is 31.6 Å². The minimum absolute atomic E-state index is 0.250. The van der Waals surface area contributed by atoms with Crippen LogP contribution in [-0.2, 0) is 0 Å². The fourth-order valence-corrected chi connectivity index (χ4v) is 2.41. The summed E-state index contributed by atoms with van der Waals surface area (Å²) in [4.78, 5) is 7.95. The number of H-pyrrole nitrogens is 1. The van der Waals surface area contributed by atoms with Crippen LogP contribution in [0.4, 0.5) is 0 Å². The number of benzene rings is 1. The molecular formula is C13H18N4. The molecule has 90 valence electrons. The molecule has 17 heavy (non-hydrogen) atoms. The number of hydrogen-bond acceptors (Lipinski definition) is 3. The molecule has 1 unspecified atom stereocenters. The van der Waals surface area contributed by atoms with Gasteiger partial charge in [0.25, 0.3) is 0 Å². The van der Waals surface area contributed by atoms with Gasteiger partial charge in [-0.2, -0.15) is 0 Å². The van der Waals surface area contributed by atoms with Crippen LogP contribution in [0.3, 0.4) is 0 Å². The molecule has 1 aromatic heterocycles. The lowest BCUT2D eigenvalue weighted by Gasteiger charge is -2.34. The van der Waals surface area contributed by atoms with E-state index in [4.69, 9.17) is 5.73 Å². The van der Waals surface area contributed by atoms with Gasteiger partial charge >= 0.3 is 0 Å². The van der Waals surface area contributed by atoms with E-state index in [0.29, 0.717) is 12.1 Å². The first-order chi connectivity index (χ1) is 8.22. The molecule has 1 aliphatic rings. The molecule has 0 aliphatic heterocycles. The van der Waals surface area contributed by atoms with Gasteiger partial charge in [0.05, 0.1) is 17.1 Å². The molecule has 1 heterocycles. The number of fused-ring (bicyclic) bond motifs is 1. The van der Waals surface area contributed by atoms with E-state index in [1.165, 1.54) is 0 Å². The number of nitrogens with zero attached hydrogens (tertiary/aromatic N) is 1. The Balaban J connectivity index is 1.74. The van der Waals surface area contributed by atoms with E-state index in [1.54, 1.807) is 0 Å². The zero-order valence-electron chi connectivity index (χ0n) is 9.98. The van der Waals surface area contributed by atoms with Crippen molar-refractivity contribution in [3.8, 4) is 0 Å². The first-order valence-corrected chi connectivity index (χ1v) is 6.18. The normalized spacial score (nSPS) is 25.8. The summed E-state index contributed by atoms with van der Waals surface area (Å²) in [6.07, 6.45) is 2.15. The largest absolute Gasteiger partial charge is 0.341 e. The number of aromatic amines is 1. The molecule has 1 aromatic carbocycles. The summed E-state index contributed by atoms with van der Waals surface area (Å²) in [5.41, 5.74) is 7.91. The zero-order valence-corrected chi connectivity index (χ0v) is 9.98. The molecular weight excluding hydrogens is 212 g/mol. The second kappa shape index (κ2) is 4.13. The van der Waals surface area contributed by atoms with Gasteiger partial charge in [0.1, 0.15) is 5.82 Å². The Kier molecular flexibility index (Phi) is 2.61. The van der Waals surface area contributed by atoms with Gasteiger partial charge in [-0.25, -0.2) is 4.98 Å². The molecule has 0 saturated heterocycles. The molecule has 4 nitrogen and oxygen atoms in total. The highest BCUT2D eigenvalue weighted by Gasteiger charge is 2.27. The van der Waals surface area contributed by atoms with E-state index < -0.39 is 0 Å². The lowest BCUT2D eigenvalue weighted by Crippen LogP contribution is -2.49. The van der Waals surface area contributed by atoms with E-state index >= 15 is 0 Å². The predicted octanol–water partition coefficient (Wildman–Crippen LogP) is 1.70. The van der Waals surface area contributed by atoms with Gasteiger partial charge in [-0.15, -0.1) is 0 Å². The third kappa shape index (κ3) is 2.06. The van der Waals surface area contributed by atoms with E-state index in [-0.39, 0.29) is 6.04 Å². The minimum Gasteiger partial charge on any atom is -0.341 e. The highest BCUT2D eigenvalue weighted by atomic mass is 15.1. The smallest absolute Gasteiger partial charge is 0.124 e. The Bertz CT molecular complexity index is 480. The highest BCUT2D eigenvalue weighted by Crippen LogP contribution is 2.22. The maximum Gasteiger partial charge on any atom is 0.124 e. The summed E-state index contributed by atoms with van der Waals surface area (Å²) >= 11 is 0. The number of hydrogen-bond donors (Lipinski definition) is 3. The van der Waals surface area contributed by atoms with E-state index in [1.807, 2.05) is 18.2 Å². The molecule has 1 fully saturated rings. The van der Waals surface area contributed by atoms with Crippen molar-refractivity contribution in [1.82, 2.24) is 15.3 Å². The van der Waals surface area contributed by atoms with Crippen LogP contribution in [0.5, 0.6) is 0 Å². The van der Waals surface area contributed by atoms with Crippen LogP contribution in [0, 0.1) is 0 Å². The zero-order chi connectivity index (χ0) is 11.8. The van der Waals surface area contributed by atoms with Gasteiger partial charge in [-0.05, 0) is 31.9 Å². The van der Waals surface area contributed by atoms with Crippen molar-refractivity contribution >= 4 is 11.0 Å². The van der Waals surface area contributed by atoms with Gasteiger partial charge in [0, 0.05) is 12.1 Å². The summed E-state index contributed by atoms with van der Waals surface area (Å²) in [5, 5.41) is 3.55. The van der Waals surface area contributed by atoms with Crippen LogP contribution >= 0.6 is 0 Å². The lowest BCUT2D eigenvalue weighted by atomic mass is 9.87. The van der Waals surface area contributed by atoms with Gasteiger partial charge in [0.15, 0.2) is 0 Å². The van der Waals surface area contributed by atoms with Crippen LogP contribution < -0.4 is 11.1 Å². The first-order valence-electron chi connectivity index (χ1n) is 6.18. The second-order valence-electron chi connectivity index (χ2n) is 4.96. The van der Waals surface area contributed by atoms with Gasteiger partial charge in [-0.1, -0.05) is 12.1 Å². The third-order valence-electron chi connectivity index (χ3n) is 3.48. The van der Waals surface area contributed by atoms with Gasteiger partial charge < -0.3 is 16.0 Å². The van der Waals surface area contributed by atoms with Crippen LogP contribution in [0.25, 0.3) is 11.0 Å². The van der Waals surface area contributed by atoms with E-state index in [0.717, 1.165) is 29.7 Å². The Labute approximate surface area is 101 Å². The number of nitrogens with two attached hydrogens (primary N) is 1. The molecule has 0 radical (unpaired) electrons. The molecule has 1 aliphatic carbocycles. The van der Waals surface area contributed by atoms with Crippen molar-refractivity contribution in [2.45, 2.75) is 37.9 Å².